The van der Waals surface area contributed by atoms with E-state index in [0.29, 0.717) is 5.92 Å². The highest BCUT2D eigenvalue weighted by Crippen LogP contribution is 2.23. The molecule has 1 fully saturated rings. The van der Waals surface area contributed by atoms with Gasteiger partial charge in [-0.25, -0.2) is 0 Å². The summed E-state index contributed by atoms with van der Waals surface area (Å²) in [5.41, 5.74) is 1.22. The molecule has 2 atom stereocenters. The van der Waals surface area contributed by atoms with E-state index in [0.717, 1.165) is 31.8 Å². The van der Waals surface area contributed by atoms with Crippen LogP contribution < -0.4 is 4.74 Å². The van der Waals surface area contributed by atoms with Crippen molar-refractivity contribution < 1.29 is 9.84 Å². The van der Waals surface area contributed by atoms with E-state index in [2.05, 4.69) is 17.9 Å². The molecule has 1 aliphatic heterocycles. The van der Waals surface area contributed by atoms with E-state index in [1.807, 2.05) is 18.2 Å². The monoisotopic (exact) mass is 235 g/mol. The van der Waals surface area contributed by atoms with Gasteiger partial charge in [0.1, 0.15) is 5.75 Å². The standard InChI is InChI=1S/C14H21NO2/c1-11-9-15(8-7-13(11)16)10-12-5-3-4-6-14(12)17-2/h3-6,11,13,16H,7-10H2,1-2H3. The maximum atomic E-state index is 9.71. The number of ether oxygens (including phenoxy) is 1. The first kappa shape index (κ1) is 12.4. The minimum absolute atomic E-state index is 0.135. The third-order valence-electron chi connectivity index (χ3n) is 3.53. The minimum atomic E-state index is -0.135. The van der Waals surface area contributed by atoms with Crippen LogP contribution in [0.4, 0.5) is 0 Å². The van der Waals surface area contributed by atoms with Crippen LogP contribution in [-0.2, 0) is 6.54 Å². The Hall–Kier alpha value is -1.06. The number of aliphatic hydroxyl groups excluding tert-OH is 1. The molecule has 1 N–H and O–H groups in total. The van der Waals surface area contributed by atoms with Gasteiger partial charge in [0.15, 0.2) is 0 Å². The molecule has 2 rings (SSSR count). The van der Waals surface area contributed by atoms with Crippen molar-refractivity contribution in [3.8, 4) is 5.75 Å². The molecule has 0 bridgehead atoms. The maximum absolute atomic E-state index is 9.71. The van der Waals surface area contributed by atoms with E-state index in [9.17, 15) is 5.11 Å². The van der Waals surface area contributed by atoms with Gasteiger partial charge in [0.05, 0.1) is 13.2 Å². The Morgan fingerprint density at radius 3 is 2.88 bits per heavy atom. The molecule has 1 saturated heterocycles. The molecule has 17 heavy (non-hydrogen) atoms. The minimum Gasteiger partial charge on any atom is -0.496 e. The van der Waals surface area contributed by atoms with Crippen LogP contribution in [0.15, 0.2) is 24.3 Å². The fourth-order valence-electron chi connectivity index (χ4n) is 2.44. The lowest BCUT2D eigenvalue weighted by Gasteiger charge is -2.34. The molecule has 0 radical (unpaired) electrons. The van der Waals surface area contributed by atoms with Crippen molar-refractivity contribution in [2.75, 3.05) is 20.2 Å². The molecule has 0 aromatic heterocycles. The maximum Gasteiger partial charge on any atom is 0.123 e. The molecule has 2 unspecified atom stereocenters. The first-order valence-corrected chi connectivity index (χ1v) is 6.23. The second-order valence-corrected chi connectivity index (χ2v) is 4.88. The van der Waals surface area contributed by atoms with Crippen molar-refractivity contribution in [3.05, 3.63) is 29.8 Å². The number of rotatable bonds is 3. The molecule has 3 heteroatoms. The van der Waals surface area contributed by atoms with Gasteiger partial charge < -0.3 is 9.84 Å². The summed E-state index contributed by atoms with van der Waals surface area (Å²) in [4.78, 5) is 2.38. The summed E-state index contributed by atoms with van der Waals surface area (Å²) in [6.45, 7) is 4.93. The lowest BCUT2D eigenvalue weighted by atomic mass is 9.96. The van der Waals surface area contributed by atoms with E-state index in [4.69, 9.17) is 4.74 Å². The van der Waals surface area contributed by atoms with Crippen molar-refractivity contribution in [2.24, 2.45) is 5.92 Å². The number of para-hydroxylation sites is 1. The third-order valence-corrected chi connectivity index (χ3v) is 3.53. The van der Waals surface area contributed by atoms with Gasteiger partial charge in [-0.1, -0.05) is 25.1 Å². The van der Waals surface area contributed by atoms with Crippen LogP contribution in [-0.4, -0.2) is 36.3 Å². The van der Waals surface area contributed by atoms with Gasteiger partial charge in [-0.2, -0.15) is 0 Å². The van der Waals surface area contributed by atoms with Crippen LogP contribution in [0.3, 0.4) is 0 Å². The summed E-state index contributed by atoms with van der Waals surface area (Å²) in [5, 5.41) is 9.71. The van der Waals surface area contributed by atoms with Crippen molar-refractivity contribution in [2.45, 2.75) is 26.0 Å². The number of hydrogen-bond donors (Lipinski definition) is 1. The van der Waals surface area contributed by atoms with E-state index < -0.39 is 0 Å². The first-order valence-electron chi connectivity index (χ1n) is 6.23. The predicted molar refractivity (Wildman–Crippen MR) is 68.1 cm³/mol. The van der Waals surface area contributed by atoms with Crippen molar-refractivity contribution in [1.29, 1.82) is 0 Å². The van der Waals surface area contributed by atoms with Crippen molar-refractivity contribution >= 4 is 0 Å². The molecule has 3 nitrogen and oxygen atoms in total. The zero-order valence-electron chi connectivity index (χ0n) is 10.6. The van der Waals surface area contributed by atoms with Crippen LogP contribution in [0.2, 0.25) is 0 Å². The fraction of sp³-hybridized carbons (Fsp3) is 0.571. The summed E-state index contributed by atoms with van der Waals surface area (Å²) in [6, 6.07) is 8.14. The van der Waals surface area contributed by atoms with Gasteiger partial charge in [0, 0.05) is 25.2 Å². The summed E-state index contributed by atoms with van der Waals surface area (Å²) >= 11 is 0. The number of benzene rings is 1. The largest absolute Gasteiger partial charge is 0.496 e. The van der Waals surface area contributed by atoms with E-state index in [1.54, 1.807) is 7.11 Å². The van der Waals surface area contributed by atoms with E-state index in [-0.39, 0.29) is 6.10 Å². The molecule has 94 valence electrons. The van der Waals surface area contributed by atoms with Gasteiger partial charge in [-0.3, -0.25) is 4.90 Å². The summed E-state index contributed by atoms with van der Waals surface area (Å²) in [5.74, 6) is 1.31. The van der Waals surface area contributed by atoms with Crippen molar-refractivity contribution in [3.63, 3.8) is 0 Å². The van der Waals surface area contributed by atoms with Gasteiger partial charge in [0.25, 0.3) is 0 Å². The van der Waals surface area contributed by atoms with Gasteiger partial charge in [0.2, 0.25) is 0 Å². The smallest absolute Gasteiger partial charge is 0.123 e. The molecule has 0 saturated carbocycles. The number of methoxy groups -OCH3 is 1. The fourth-order valence-corrected chi connectivity index (χ4v) is 2.44. The normalized spacial score (nSPS) is 25.8. The highest BCUT2D eigenvalue weighted by molar-refractivity contribution is 5.33. The molecule has 1 aromatic rings. The number of hydrogen-bond acceptors (Lipinski definition) is 3. The second kappa shape index (κ2) is 5.52. The average molecular weight is 235 g/mol. The Morgan fingerprint density at radius 2 is 2.18 bits per heavy atom. The second-order valence-electron chi connectivity index (χ2n) is 4.88. The van der Waals surface area contributed by atoms with E-state index in [1.165, 1.54) is 5.56 Å². The molecule has 0 spiro atoms. The summed E-state index contributed by atoms with van der Waals surface area (Å²) in [6.07, 6.45) is 0.736. The third kappa shape index (κ3) is 2.99. The van der Waals surface area contributed by atoms with Crippen LogP contribution in [0.25, 0.3) is 0 Å². The Kier molecular flexibility index (Phi) is 4.02. The predicted octanol–water partition coefficient (Wildman–Crippen LogP) is 1.90. The molecule has 1 aromatic carbocycles. The highest BCUT2D eigenvalue weighted by atomic mass is 16.5. The van der Waals surface area contributed by atoms with Gasteiger partial charge in [-0.05, 0) is 18.4 Å². The summed E-state index contributed by atoms with van der Waals surface area (Å²) in [7, 11) is 1.71. The lowest BCUT2D eigenvalue weighted by Crippen LogP contribution is -2.41. The highest BCUT2D eigenvalue weighted by Gasteiger charge is 2.24. The number of piperidine rings is 1. The molecular weight excluding hydrogens is 214 g/mol. The number of aliphatic hydroxyl groups is 1. The molecule has 1 aliphatic rings. The summed E-state index contributed by atoms with van der Waals surface area (Å²) < 4.78 is 5.36. The number of nitrogens with zero attached hydrogens (tertiary/aromatic N) is 1. The molecule has 0 amide bonds. The SMILES string of the molecule is COc1ccccc1CN1CCC(O)C(C)C1. The zero-order valence-corrected chi connectivity index (χ0v) is 10.6. The van der Waals surface area contributed by atoms with Crippen LogP contribution in [0.1, 0.15) is 18.9 Å². The quantitative estimate of drug-likeness (QED) is 0.868. The molecular formula is C14H21NO2. The topological polar surface area (TPSA) is 32.7 Å². The van der Waals surface area contributed by atoms with Crippen LogP contribution in [0, 0.1) is 5.92 Å². The van der Waals surface area contributed by atoms with E-state index >= 15 is 0 Å². The lowest BCUT2D eigenvalue weighted by molar-refractivity contribution is 0.0318. The average Bonchev–Trinajstić information content (AvgIpc) is 2.34. The molecule has 0 aliphatic carbocycles. The van der Waals surface area contributed by atoms with Gasteiger partial charge >= 0.3 is 0 Å². The number of likely N-dealkylation sites (tertiary alicyclic amines) is 1. The Morgan fingerprint density at radius 1 is 1.41 bits per heavy atom. The van der Waals surface area contributed by atoms with Crippen molar-refractivity contribution in [1.82, 2.24) is 4.90 Å². The first-order chi connectivity index (χ1) is 8.20. The zero-order chi connectivity index (χ0) is 12.3. The Balaban J connectivity index is 2.01. The van der Waals surface area contributed by atoms with Crippen LogP contribution in [0.5, 0.6) is 5.75 Å². The molecule has 1 heterocycles. The Bertz CT molecular complexity index is 367. The van der Waals surface area contributed by atoms with Crippen LogP contribution >= 0.6 is 0 Å². The Labute approximate surface area is 103 Å². The van der Waals surface area contributed by atoms with Gasteiger partial charge in [-0.15, -0.1) is 0 Å².